The normalized spacial score (nSPS) is 24.5. The predicted molar refractivity (Wildman–Crippen MR) is 123 cm³/mol. The molecular weight excluding hydrogens is 440 g/mol. The first-order valence-corrected chi connectivity index (χ1v) is 12.2. The van der Waals surface area contributed by atoms with Crippen molar-refractivity contribution in [2.45, 2.75) is 57.0 Å². The molecule has 3 heterocycles. The number of hydrogen-bond acceptors (Lipinski definition) is 5. The van der Waals surface area contributed by atoms with Crippen LogP contribution in [-0.4, -0.2) is 34.3 Å². The Morgan fingerprint density at radius 3 is 2.48 bits per heavy atom. The molecule has 1 aromatic heterocycles. The fourth-order valence-electron chi connectivity index (χ4n) is 5.17. The summed E-state index contributed by atoms with van der Waals surface area (Å²) in [5.74, 6) is -1.82. The lowest BCUT2D eigenvalue weighted by Crippen LogP contribution is -2.52. The highest BCUT2D eigenvalue weighted by Crippen LogP contribution is 2.43. The number of rotatable bonds is 4. The first-order valence-electron chi connectivity index (χ1n) is 11.3. The summed E-state index contributed by atoms with van der Waals surface area (Å²) in [4.78, 5) is 54.7. The molecule has 33 heavy (non-hydrogen) atoms. The van der Waals surface area contributed by atoms with Crippen molar-refractivity contribution in [3.8, 4) is 0 Å². The number of hydrogen-bond donors (Lipinski definition) is 2. The molecule has 5 amide bonds. The van der Waals surface area contributed by atoms with Gasteiger partial charge in [0, 0.05) is 17.0 Å². The number of thiophene rings is 1. The van der Waals surface area contributed by atoms with Crippen molar-refractivity contribution in [3.63, 3.8) is 0 Å². The largest absolute Gasteiger partial charge is 0.344 e. The van der Waals surface area contributed by atoms with Crippen molar-refractivity contribution in [1.29, 1.82) is 0 Å². The van der Waals surface area contributed by atoms with E-state index in [2.05, 4.69) is 10.7 Å². The Kier molecular flexibility index (Phi) is 5.44. The van der Waals surface area contributed by atoms with E-state index in [9.17, 15) is 19.2 Å². The third kappa shape index (κ3) is 3.70. The van der Waals surface area contributed by atoms with E-state index in [0.717, 1.165) is 40.4 Å². The highest BCUT2D eigenvalue weighted by atomic mass is 32.1. The highest BCUT2D eigenvalue weighted by molar-refractivity contribution is 7.10. The zero-order valence-corrected chi connectivity index (χ0v) is 19.2. The zero-order chi connectivity index (χ0) is 23.2. The lowest BCUT2D eigenvalue weighted by Gasteiger charge is -2.30. The van der Waals surface area contributed by atoms with Gasteiger partial charge in [0.1, 0.15) is 5.54 Å². The third-order valence-electron chi connectivity index (χ3n) is 6.90. The fraction of sp³-hybridized carbons (Fsp3) is 0.417. The molecular formula is C24H26N4O4S. The lowest BCUT2D eigenvalue weighted by atomic mass is 9.82. The van der Waals surface area contributed by atoms with E-state index in [1.165, 1.54) is 11.3 Å². The van der Waals surface area contributed by atoms with Crippen molar-refractivity contribution in [2.75, 3.05) is 4.90 Å². The maximum Gasteiger partial charge on any atom is 0.344 e. The predicted octanol–water partition coefficient (Wildman–Crippen LogP) is 3.44. The molecule has 0 bridgehead atoms. The van der Waals surface area contributed by atoms with Gasteiger partial charge in [-0.1, -0.05) is 43.0 Å². The van der Waals surface area contributed by atoms with Gasteiger partial charge in [0.15, 0.2) is 0 Å². The molecule has 172 valence electrons. The van der Waals surface area contributed by atoms with Gasteiger partial charge in [0.05, 0.1) is 12.0 Å². The number of nitrogens with zero attached hydrogens (tertiary/aromatic N) is 2. The SMILES string of the molecule is Cc1ccc(N2C(=O)CC(C(=O)NN3C(=O)NC4(CCCCC4)C3=O)C2c2cccs2)cc1. The number of hydrazine groups is 1. The van der Waals surface area contributed by atoms with Crippen molar-refractivity contribution >= 4 is 40.8 Å². The van der Waals surface area contributed by atoms with Crippen molar-refractivity contribution in [1.82, 2.24) is 15.8 Å². The van der Waals surface area contributed by atoms with Gasteiger partial charge in [0.2, 0.25) is 11.8 Å². The van der Waals surface area contributed by atoms with Gasteiger partial charge in [-0.05, 0) is 43.3 Å². The number of anilines is 1. The second kappa shape index (κ2) is 8.30. The van der Waals surface area contributed by atoms with Crippen molar-refractivity contribution in [3.05, 3.63) is 52.2 Å². The Morgan fingerprint density at radius 1 is 1.09 bits per heavy atom. The molecule has 8 nitrogen and oxygen atoms in total. The second-order valence-electron chi connectivity index (χ2n) is 9.06. The average Bonchev–Trinajstić information content (AvgIpc) is 3.50. The number of nitrogens with one attached hydrogen (secondary N) is 2. The van der Waals surface area contributed by atoms with Gasteiger partial charge in [-0.2, -0.15) is 5.01 Å². The molecule has 2 atom stereocenters. The summed E-state index contributed by atoms with van der Waals surface area (Å²) in [6, 6.07) is 10.3. The van der Waals surface area contributed by atoms with E-state index in [1.54, 1.807) is 4.90 Å². The van der Waals surface area contributed by atoms with Crippen molar-refractivity contribution < 1.29 is 19.2 Å². The van der Waals surface area contributed by atoms with E-state index in [4.69, 9.17) is 0 Å². The van der Waals surface area contributed by atoms with Crippen molar-refractivity contribution in [2.24, 2.45) is 5.92 Å². The molecule has 2 unspecified atom stereocenters. The van der Waals surface area contributed by atoms with Crippen LogP contribution in [0.2, 0.25) is 0 Å². The number of aryl methyl sites for hydroxylation is 1. The van der Waals surface area contributed by atoms with Gasteiger partial charge in [0.25, 0.3) is 5.91 Å². The Morgan fingerprint density at radius 2 is 1.82 bits per heavy atom. The third-order valence-corrected chi connectivity index (χ3v) is 7.84. The molecule has 1 aliphatic carbocycles. The minimum absolute atomic E-state index is 0.00291. The maximum atomic E-state index is 13.4. The molecule has 2 aliphatic heterocycles. The number of carbonyl (C=O) groups excluding carboxylic acids is 4. The minimum atomic E-state index is -0.921. The van der Waals surface area contributed by atoms with E-state index < -0.39 is 35.3 Å². The van der Waals surface area contributed by atoms with Gasteiger partial charge >= 0.3 is 6.03 Å². The fourth-order valence-corrected chi connectivity index (χ4v) is 6.05. The Labute approximate surface area is 195 Å². The maximum absolute atomic E-state index is 13.4. The molecule has 1 aromatic carbocycles. The molecule has 1 saturated carbocycles. The minimum Gasteiger partial charge on any atom is -0.322 e. The smallest absolute Gasteiger partial charge is 0.322 e. The van der Waals surface area contributed by atoms with Crippen LogP contribution in [0.1, 0.15) is 55.0 Å². The second-order valence-corrected chi connectivity index (χ2v) is 10.0. The van der Waals surface area contributed by atoms with Crippen LogP contribution in [0.25, 0.3) is 0 Å². The van der Waals surface area contributed by atoms with E-state index in [1.807, 2.05) is 48.7 Å². The summed E-state index contributed by atoms with van der Waals surface area (Å²) in [5, 5.41) is 5.52. The van der Waals surface area contributed by atoms with Gasteiger partial charge < -0.3 is 10.2 Å². The van der Waals surface area contributed by atoms with Gasteiger partial charge in [-0.3, -0.25) is 19.8 Å². The van der Waals surface area contributed by atoms with Gasteiger partial charge in [-0.15, -0.1) is 11.3 Å². The number of amides is 5. The monoisotopic (exact) mass is 466 g/mol. The number of imide groups is 1. The van der Waals surface area contributed by atoms with Crippen LogP contribution in [0.5, 0.6) is 0 Å². The molecule has 2 aromatic rings. The number of carbonyl (C=O) groups is 4. The number of urea groups is 1. The van der Waals surface area contributed by atoms with Crippen LogP contribution in [0.3, 0.4) is 0 Å². The van der Waals surface area contributed by atoms with E-state index in [-0.39, 0.29) is 12.3 Å². The average molecular weight is 467 g/mol. The molecule has 1 spiro atoms. The summed E-state index contributed by atoms with van der Waals surface area (Å²) in [6.45, 7) is 1.97. The first kappa shape index (κ1) is 21.6. The Hall–Kier alpha value is -3.20. The standard InChI is InChI=1S/C24H26N4O4S/c1-15-7-9-16(10-8-15)27-19(29)14-17(20(27)18-6-5-13-33-18)21(30)26-28-22(31)24(25-23(28)32)11-3-2-4-12-24/h5-10,13,17,20H,2-4,11-12,14H2,1H3,(H,25,32)(H,26,30). The summed E-state index contributed by atoms with van der Waals surface area (Å²) in [6.07, 6.45) is 3.89. The van der Waals surface area contributed by atoms with Crippen LogP contribution in [-0.2, 0) is 14.4 Å². The zero-order valence-electron chi connectivity index (χ0n) is 18.4. The van der Waals surface area contributed by atoms with Gasteiger partial charge in [-0.25, -0.2) is 4.79 Å². The first-order chi connectivity index (χ1) is 15.9. The molecule has 5 rings (SSSR count). The van der Waals surface area contributed by atoms with E-state index in [0.29, 0.717) is 12.8 Å². The summed E-state index contributed by atoms with van der Waals surface area (Å²) in [7, 11) is 0. The Bertz CT molecular complexity index is 1090. The summed E-state index contributed by atoms with van der Waals surface area (Å²) >= 11 is 1.47. The summed E-state index contributed by atoms with van der Waals surface area (Å²) in [5.41, 5.74) is 3.41. The number of benzene rings is 1. The van der Waals surface area contributed by atoms with Crippen LogP contribution in [0, 0.1) is 12.8 Å². The molecule has 2 N–H and O–H groups in total. The van der Waals surface area contributed by atoms with E-state index >= 15 is 0 Å². The Balaban J connectivity index is 1.41. The topological polar surface area (TPSA) is 98.8 Å². The van der Waals surface area contributed by atoms with Crippen LogP contribution >= 0.6 is 11.3 Å². The molecule has 3 aliphatic rings. The van der Waals surface area contributed by atoms with Crippen LogP contribution in [0.15, 0.2) is 41.8 Å². The summed E-state index contributed by atoms with van der Waals surface area (Å²) < 4.78 is 0. The quantitative estimate of drug-likeness (QED) is 0.675. The molecule has 3 fully saturated rings. The van der Waals surface area contributed by atoms with Crippen LogP contribution in [0.4, 0.5) is 10.5 Å². The van der Waals surface area contributed by atoms with Crippen LogP contribution < -0.4 is 15.6 Å². The lowest BCUT2D eigenvalue weighted by molar-refractivity contribution is -0.141. The molecule has 0 radical (unpaired) electrons. The molecule has 2 saturated heterocycles. The molecule has 9 heteroatoms. The highest BCUT2D eigenvalue weighted by Gasteiger charge is 2.53.